The van der Waals surface area contributed by atoms with E-state index in [0.717, 1.165) is 5.56 Å². The number of carbonyl (C=O) groups excluding carboxylic acids is 1. The smallest absolute Gasteiger partial charge is 0.335 e. The van der Waals surface area contributed by atoms with Gasteiger partial charge in [0, 0.05) is 12.8 Å². The first-order chi connectivity index (χ1) is 9.12. The summed E-state index contributed by atoms with van der Waals surface area (Å²) in [5.74, 6) is -0.823. The fourth-order valence-corrected chi connectivity index (χ4v) is 2.36. The van der Waals surface area contributed by atoms with Crippen LogP contribution in [0.4, 0.5) is 0 Å². The van der Waals surface area contributed by atoms with Crippen molar-refractivity contribution >= 4 is 11.8 Å². The van der Waals surface area contributed by atoms with E-state index in [-0.39, 0.29) is 18.6 Å². The summed E-state index contributed by atoms with van der Waals surface area (Å²) in [5, 5.41) is 9.34. The highest BCUT2D eigenvalue weighted by Gasteiger charge is 2.42. The van der Waals surface area contributed by atoms with Gasteiger partial charge in [0.15, 0.2) is 5.60 Å². The molecule has 1 fully saturated rings. The maximum atomic E-state index is 11.4. The first-order valence-corrected chi connectivity index (χ1v) is 6.55. The molecule has 4 heteroatoms. The van der Waals surface area contributed by atoms with Crippen LogP contribution >= 0.6 is 0 Å². The first kappa shape index (κ1) is 13.7. The normalized spacial score (nSPS) is 18.2. The van der Waals surface area contributed by atoms with Gasteiger partial charge in [-0.25, -0.2) is 4.79 Å². The van der Waals surface area contributed by atoms with Gasteiger partial charge in [0.2, 0.25) is 0 Å². The Morgan fingerprint density at radius 1 is 1.21 bits per heavy atom. The average Bonchev–Trinajstić information content (AvgIpc) is 2.42. The summed E-state index contributed by atoms with van der Waals surface area (Å²) in [5.41, 5.74) is -0.0437. The number of aliphatic carboxylic acids is 1. The van der Waals surface area contributed by atoms with E-state index in [1.807, 2.05) is 30.3 Å². The van der Waals surface area contributed by atoms with Crippen LogP contribution in [0.2, 0.25) is 0 Å². The third-order valence-corrected chi connectivity index (χ3v) is 3.62. The van der Waals surface area contributed by atoms with Crippen LogP contribution in [0, 0.1) is 0 Å². The molecule has 1 aromatic carbocycles. The second-order valence-corrected chi connectivity index (χ2v) is 4.92. The van der Waals surface area contributed by atoms with Gasteiger partial charge in [-0.3, -0.25) is 4.79 Å². The molecular weight excluding hydrogens is 244 g/mol. The highest BCUT2D eigenvalue weighted by Crippen LogP contribution is 2.30. The molecule has 2 rings (SSSR count). The van der Waals surface area contributed by atoms with Crippen LogP contribution < -0.4 is 0 Å². The number of benzene rings is 1. The quantitative estimate of drug-likeness (QED) is 0.883. The number of hydrogen-bond acceptors (Lipinski definition) is 3. The first-order valence-electron chi connectivity index (χ1n) is 6.55. The Morgan fingerprint density at radius 2 is 1.84 bits per heavy atom. The van der Waals surface area contributed by atoms with Crippen molar-refractivity contribution in [2.75, 3.05) is 6.61 Å². The summed E-state index contributed by atoms with van der Waals surface area (Å²) in [7, 11) is 0. The molecule has 0 spiro atoms. The van der Waals surface area contributed by atoms with E-state index in [0.29, 0.717) is 25.9 Å². The molecule has 0 atom stereocenters. The van der Waals surface area contributed by atoms with Crippen molar-refractivity contribution in [1.82, 2.24) is 0 Å². The zero-order chi connectivity index (χ0) is 13.7. The topological polar surface area (TPSA) is 63.6 Å². The van der Waals surface area contributed by atoms with E-state index in [1.54, 1.807) is 0 Å². The standard InChI is InChI=1S/C15H18O4/c16-13-6-9-15(10-7-13,14(17)18)19-11-8-12-4-2-1-3-5-12/h1-5H,6-11H2,(H,17,18). The molecule has 0 saturated heterocycles. The molecule has 0 aliphatic heterocycles. The van der Waals surface area contributed by atoms with E-state index in [2.05, 4.69) is 0 Å². The van der Waals surface area contributed by atoms with Crippen molar-refractivity contribution in [3.8, 4) is 0 Å². The summed E-state index contributed by atoms with van der Waals surface area (Å²) in [6.45, 7) is 0.366. The maximum Gasteiger partial charge on any atom is 0.335 e. The Balaban J connectivity index is 1.91. The van der Waals surface area contributed by atoms with E-state index in [1.165, 1.54) is 0 Å². The third-order valence-electron chi connectivity index (χ3n) is 3.62. The molecule has 0 heterocycles. The Hall–Kier alpha value is -1.68. The largest absolute Gasteiger partial charge is 0.479 e. The lowest BCUT2D eigenvalue weighted by molar-refractivity contribution is -0.171. The van der Waals surface area contributed by atoms with Crippen molar-refractivity contribution in [1.29, 1.82) is 0 Å². The second-order valence-electron chi connectivity index (χ2n) is 4.92. The Labute approximate surface area is 112 Å². The van der Waals surface area contributed by atoms with Gasteiger partial charge >= 0.3 is 5.97 Å². The third kappa shape index (κ3) is 3.41. The summed E-state index contributed by atoms with van der Waals surface area (Å²) < 4.78 is 5.63. The highest BCUT2D eigenvalue weighted by molar-refractivity contribution is 5.85. The molecule has 102 valence electrons. The molecule has 1 aromatic rings. The second kappa shape index (κ2) is 5.97. The predicted molar refractivity (Wildman–Crippen MR) is 69.9 cm³/mol. The molecule has 0 radical (unpaired) electrons. The molecule has 0 unspecified atom stereocenters. The number of rotatable bonds is 5. The number of ketones is 1. The van der Waals surface area contributed by atoms with E-state index < -0.39 is 11.6 Å². The fourth-order valence-electron chi connectivity index (χ4n) is 2.36. The zero-order valence-corrected chi connectivity index (χ0v) is 10.8. The summed E-state index contributed by atoms with van der Waals surface area (Å²) in [4.78, 5) is 22.6. The van der Waals surface area contributed by atoms with Crippen LogP contribution in [0.15, 0.2) is 30.3 Å². The molecule has 1 N–H and O–H groups in total. The summed E-state index contributed by atoms with van der Waals surface area (Å²) >= 11 is 0. The van der Waals surface area contributed by atoms with Crippen molar-refractivity contribution < 1.29 is 19.4 Å². The maximum absolute atomic E-state index is 11.4. The lowest BCUT2D eigenvalue weighted by Crippen LogP contribution is -2.45. The molecular formula is C15H18O4. The van der Waals surface area contributed by atoms with Crippen molar-refractivity contribution in [2.24, 2.45) is 0 Å². The van der Waals surface area contributed by atoms with Gasteiger partial charge in [-0.05, 0) is 24.8 Å². The number of carboxylic acid groups (broad SMARTS) is 1. The van der Waals surface area contributed by atoms with Crippen molar-refractivity contribution in [2.45, 2.75) is 37.7 Å². The molecule has 0 aromatic heterocycles. The minimum atomic E-state index is -1.16. The minimum Gasteiger partial charge on any atom is -0.479 e. The lowest BCUT2D eigenvalue weighted by atomic mass is 9.84. The van der Waals surface area contributed by atoms with E-state index >= 15 is 0 Å². The monoisotopic (exact) mass is 262 g/mol. The summed E-state index contributed by atoms with van der Waals surface area (Å²) in [6, 6.07) is 9.81. The Kier molecular flexibility index (Phi) is 4.32. The fraction of sp³-hybridized carbons (Fsp3) is 0.467. The van der Waals surface area contributed by atoms with Crippen LogP contribution in [0.3, 0.4) is 0 Å². The molecule has 1 aliphatic carbocycles. The Bertz CT molecular complexity index is 442. The molecule has 19 heavy (non-hydrogen) atoms. The summed E-state index contributed by atoms with van der Waals surface area (Å²) in [6.07, 6.45) is 1.87. The van der Waals surface area contributed by atoms with Gasteiger partial charge in [0.05, 0.1) is 6.61 Å². The van der Waals surface area contributed by atoms with Gasteiger partial charge in [-0.15, -0.1) is 0 Å². The molecule has 1 saturated carbocycles. The lowest BCUT2D eigenvalue weighted by Gasteiger charge is -2.32. The molecule has 1 aliphatic rings. The van der Waals surface area contributed by atoms with Gasteiger partial charge < -0.3 is 9.84 Å². The van der Waals surface area contributed by atoms with Gasteiger partial charge in [0.25, 0.3) is 0 Å². The minimum absolute atomic E-state index is 0.128. The van der Waals surface area contributed by atoms with Crippen LogP contribution in [0.25, 0.3) is 0 Å². The van der Waals surface area contributed by atoms with Gasteiger partial charge in [-0.1, -0.05) is 30.3 Å². The number of Topliss-reactive ketones (excluding diaryl/α,β-unsaturated/α-hetero) is 1. The van der Waals surface area contributed by atoms with Crippen LogP contribution in [-0.4, -0.2) is 29.1 Å². The molecule has 0 amide bonds. The van der Waals surface area contributed by atoms with Crippen LogP contribution in [-0.2, 0) is 20.7 Å². The van der Waals surface area contributed by atoms with Crippen LogP contribution in [0.1, 0.15) is 31.2 Å². The number of carbonyl (C=O) groups is 2. The van der Waals surface area contributed by atoms with Gasteiger partial charge in [0.1, 0.15) is 5.78 Å². The zero-order valence-electron chi connectivity index (χ0n) is 10.8. The predicted octanol–water partition coefficient (Wildman–Crippen LogP) is 2.21. The molecule has 4 nitrogen and oxygen atoms in total. The average molecular weight is 262 g/mol. The van der Waals surface area contributed by atoms with Crippen LogP contribution in [0.5, 0.6) is 0 Å². The Morgan fingerprint density at radius 3 is 2.42 bits per heavy atom. The molecule has 0 bridgehead atoms. The number of hydrogen-bond donors (Lipinski definition) is 1. The highest BCUT2D eigenvalue weighted by atomic mass is 16.5. The van der Waals surface area contributed by atoms with Crippen molar-refractivity contribution in [3.05, 3.63) is 35.9 Å². The van der Waals surface area contributed by atoms with Gasteiger partial charge in [-0.2, -0.15) is 0 Å². The van der Waals surface area contributed by atoms with E-state index in [9.17, 15) is 14.7 Å². The van der Waals surface area contributed by atoms with Crippen molar-refractivity contribution in [3.63, 3.8) is 0 Å². The number of carboxylic acids is 1. The SMILES string of the molecule is O=C1CCC(OCCc2ccccc2)(C(=O)O)CC1. The van der Waals surface area contributed by atoms with E-state index in [4.69, 9.17) is 4.74 Å². The number of ether oxygens (including phenoxy) is 1.